The predicted molar refractivity (Wildman–Crippen MR) is 98.4 cm³/mol. The molecule has 1 amide bonds. The first-order valence-corrected chi connectivity index (χ1v) is 7.97. The van der Waals surface area contributed by atoms with Crippen LogP contribution in [0.1, 0.15) is 11.3 Å². The molecular weight excluding hydrogens is 338 g/mol. The Bertz CT molecular complexity index is 1020. The fourth-order valence-corrected chi connectivity index (χ4v) is 2.80. The summed E-state index contributed by atoms with van der Waals surface area (Å²) >= 11 is 6.16. The number of anilines is 1. The van der Waals surface area contributed by atoms with Crippen LogP contribution in [0.5, 0.6) is 0 Å². The standard InChI is InChI=1S/C19H12ClN3O2/c20-15-7-3-1-5-13(15)17-10-9-12(25-17)11-21-23-18-14-6-2-4-8-16(14)22-19(18)24/h1-11H,(H,22,23,24)/b21-11+. The number of fused-ring (bicyclic) bond motifs is 1. The first-order valence-electron chi connectivity index (χ1n) is 7.59. The highest BCUT2D eigenvalue weighted by Crippen LogP contribution is 2.28. The zero-order chi connectivity index (χ0) is 17.2. The van der Waals surface area contributed by atoms with Gasteiger partial charge in [0.1, 0.15) is 11.5 Å². The molecule has 6 heteroatoms. The molecule has 0 bridgehead atoms. The number of carbonyl (C=O) groups is 1. The summed E-state index contributed by atoms with van der Waals surface area (Å²) in [6.07, 6.45) is 1.46. The topological polar surface area (TPSA) is 67.0 Å². The van der Waals surface area contributed by atoms with Gasteiger partial charge in [-0.1, -0.05) is 41.9 Å². The van der Waals surface area contributed by atoms with Crippen LogP contribution in [0.25, 0.3) is 11.3 Å². The maximum absolute atomic E-state index is 11.9. The maximum atomic E-state index is 11.9. The van der Waals surface area contributed by atoms with Gasteiger partial charge in [0.15, 0.2) is 5.71 Å². The fraction of sp³-hybridized carbons (Fsp3) is 0. The van der Waals surface area contributed by atoms with Crippen molar-refractivity contribution in [1.82, 2.24) is 0 Å². The van der Waals surface area contributed by atoms with Crippen LogP contribution in [-0.2, 0) is 4.79 Å². The summed E-state index contributed by atoms with van der Waals surface area (Å²) in [6.45, 7) is 0. The highest BCUT2D eigenvalue weighted by molar-refractivity contribution is 6.53. The summed E-state index contributed by atoms with van der Waals surface area (Å²) in [5.74, 6) is 0.893. The lowest BCUT2D eigenvalue weighted by Gasteiger charge is -1.98. The SMILES string of the molecule is O=C1Nc2ccccc2/C1=N\N=C\c1ccc(-c2ccccc2Cl)o1. The second kappa shape index (κ2) is 6.37. The number of benzene rings is 2. The minimum atomic E-state index is -0.269. The molecule has 1 aliphatic rings. The molecular formula is C19H12ClN3O2. The van der Waals surface area contributed by atoms with E-state index in [0.717, 1.165) is 16.8 Å². The lowest BCUT2D eigenvalue weighted by atomic mass is 10.1. The molecule has 5 nitrogen and oxygen atoms in total. The van der Waals surface area contributed by atoms with Gasteiger partial charge >= 0.3 is 0 Å². The molecule has 1 aromatic heterocycles. The van der Waals surface area contributed by atoms with Crippen molar-refractivity contribution in [2.75, 3.05) is 5.32 Å². The number of rotatable bonds is 3. The molecule has 2 aromatic carbocycles. The second-order valence-corrected chi connectivity index (χ2v) is 5.78. The van der Waals surface area contributed by atoms with E-state index in [1.807, 2.05) is 48.5 Å². The fourth-order valence-electron chi connectivity index (χ4n) is 2.57. The second-order valence-electron chi connectivity index (χ2n) is 5.37. The summed E-state index contributed by atoms with van der Waals surface area (Å²) in [4.78, 5) is 11.9. The van der Waals surface area contributed by atoms with E-state index in [1.54, 1.807) is 12.1 Å². The molecule has 3 aromatic rings. The predicted octanol–water partition coefficient (Wildman–Crippen LogP) is 4.38. The molecule has 0 aliphatic carbocycles. The van der Waals surface area contributed by atoms with E-state index in [4.69, 9.17) is 16.0 Å². The van der Waals surface area contributed by atoms with Crippen LogP contribution >= 0.6 is 11.6 Å². The Hall–Kier alpha value is -3.18. The van der Waals surface area contributed by atoms with Gasteiger partial charge in [0.25, 0.3) is 5.91 Å². The van der Waals surface area contributed by atoms with Gasteiger partial charge in [0.2, 0.25) is 0 Å². The molecule has 122 valence electrons. The van der Waals surface area contributed by atoms with Crippen LogP contribution in [0.2, 0.25) is 5.02 Å². The smallest absolute Gasteiger partial charge is 0.276 e. The zero-order valence-corrected chi connectivity index (χ0v) is 13.7. The van der Waals surface area contributed by atoms with Crippen LogP contribution < -0.4 is 5.32 Å². The Labute approximate surface area is 148 Å². The summed E-state index contributed by atoms with van der Waals surface area (Å²) in [5, 5.41) is 11.4. The Morgan fingerprint density at radius 1 is 0.960 bits per heavy atom. The maximum Gasteiger partial charge on any atom is 0.276 e. The quantitative estimate of drug-likeness (QED) is 0.563. The van der Waals surface area contributed by atoms with Gasteiger partial charge < -0.3 is 9.73 Å². The molecule has 0 saturated heterocycles. The van der Waals surface area contributed by atoms with E-state index in [2.05, 4.69) is 15.5 Å². The summed E-state index contributed by atoms with van der Waals surface area (Å²) in [7, 11) is 0. The van der Waals surface area contributed by atoms with Crippen LogP contribution in [0, 0.1) is 0 Å². The molecule has 0 saturated carbocycles. The lowest BCUT2D eigenvalue weighted by Crippen LogP contribution is -2.13. The van der Waals surface area contributed by atoms with E-state index in [-0.39, 0.29) is 11.6 Å². The van der Waals surface area contributed by atoms with Crippen LogP contribution in [0.3, 0.4) is 0 Å². The molecule has 4 rings (SSSR count). The molecule has 0 radical (unpaired) electrons. The Balaban J connectivity index is 1.58. The van der Waals surface area contributed by atoms with Crippen LogP contribution in [-0.4, -0.2) is 17.8 Å². The Kier molecular flexibility index (Phi) is 3.91. The average Bonchev–Trinajstić information content (AvgIpc) is 3.20. The van der Waals surface area contributed by atoms with Crippen LogP contribution in [0.15, 0.2) is 75.3 Å². The number of halogens is 1. The van der Waals surface area contributed by atoms with Crippen LogP contribution in [0.4, 0.5) is 5.69 Å². The normalized spacial score (nSPS) is 14.9. The monoisotopic (exact) mass is 349 g/mol. The van der Waals surface area contributed by atoms with Gasteiger partial charge in [0, 0.05) is 11.1 Å². The molecule has 0 unspecified atom stereocenters. The lowest BCUT2D eigenvalue weighted by molar-refractivity contribution is -0.110. The van der Waals surface area contributed by atoms with E-state index < -0.39 is 0 Å². The summed E-state index contributed by atoms with van der Waals surface area (Å²) in [6, 6.07) is 18.4. The van der Waals surface area contributed by atoms with E-state index in [1.165, 1.54) is 6.21 Å². The van der Waals surface area contributed by atoms with E-state index in [9.17, 15) is 4.79 Å². The zero-order valence-electron chi connectivity index (χ0n) is 12.9. The third kappa shape index (κ3) is 2.97. The largest absolute Gasteiger partial charge is 0.455 e. The van der Waals surface area contributed by atoms with Gasteiger partial charge in [-0.3, -0.25) is 4.79 Å². The first kappa shape index (κ1) is 15.4. The van der Waals surface area contributed by atoms with Gasteiger partial charge in [-0.15, -0.1) is 5.10 Å². The molecule has 0 fully saturated rings. The van der Waals surface area contributed by atoms with Crippen molar-refractivity contribution in [3.63, 3.8) is 0 Å². The number of carbonyl (C=O) groups excluding carboxylic acids is 1. The van der Waals surface area contributed by atoms with Crippen molar-refractivity contribution >= 4 is 35.1 Å². The molecule has 2 heterocycles. The molecule has 1 aliphatic heterocycles. The van der Waals surface area contributed by atoms with Crippen molar-refractivity contribution in [2.45, 2.75) is 0 Å². The van der Waals surface area contributed by atoms with Gasteiger partial charge in [0.05, 0.1) is 16.9 Å². The number of hydrogen-bond donors (Lipinski definition) is 1. The summed E-state index contributed by atoms with van der Waals surface area (Å²) < 4.78 is 5.71. The third-order valence-electron chi connectivity index (χ3n) is 3.75. The highest BCUT2D eigenvalue weighted by Gasteiger charge is 2.25. The first-order chi connectivity index (χ1) is 12.2. The van der Waals surface area contributed by atoms with Crippen molar-refractivity contribution < 1.29 is 9.21 Å². The summed E-state index contributed by atoms with van der Waals surface area (Å²) in [5.41, 5.74) is 2.56. The third-order valence-corrected chi connectivity index (χ3v) is 4.08. The number of nitrogens with one attached hydrogen (secondary N) is 1. The average molecular weight is 350 g/mol. The number of furan rings is 1. The van der Waals surface area contributed by atoms with Gasteiger partial charge in [-0.25, -0.2) is 0 Å². The van der Waals surface area contributed by atoms with Crippen molar-refractivity contribution in [3.05, 3.63) is 77.0 Å². The van der Waals surface area contributed by atoms with E-state index in [0.29, 0.717) is 16.5 Å². The minimum absolute atomic E-state index is 0.269. The van der Waals surface area contributed by atoms with Gasteiger partial charge in [-0.2, -0.15) is 5.10 Å². The van der Waals surface area contributed by atoms with E-state index >= 15 is 0 Å². The van der Waals surface area contributed by atoms with Gasteiger partial charge in [-0.05, 0) is 30.3 Å². The minimum Gasteiger partial charge on any atom is -0.455 e. The molecule has 0 spiro atoms. The number of nitrogens with zero attached hydrogens (tertiary/aromatic N) is 2. The Morgan fingerprint density at radius 3 is 2.56 bits per heavy atom. The Morgan fingerprint density at radius 2 is 1.72 bits per heavy atom. The number of hydrogen-bond acceptors (Lipinski definition) is 4. The highest BCUT2D eigenvalue weighted by atomic mass is 35.5. The molecule has 1 N–H and O–H groups in total. The molecule has 25 heavy (non-hydrogen) atoms. The van der Waals surface area contributed by atoms with Crippen molar-refractivity contribution in [1.29, 1.82) is 0 Å². The molecule has 0 atom stereocenters. The van der Waals surface area contributed by atoms with Crippen molar-refractivity contribution in [3.8, 4) is 11.3 Å². The number of para-hydroxylation sites is 1. The van der Waals surface area contributed by atoms with Crippen molar-refractivity contribution in [2.24, 2.45) is 10.2 Å². The number of amides is 1.